The third-order valence-corrected chi connectivity index (χ3v) is 4.21. The van der Waals surface area contributed by atoms with Crippen LogP contribution in [0.25, 0.3) is 0 Å². The van der Waals surface area contributed by atoms with Crippen LogP contribution in [0, 0.1) is 12.8 Å². The Morgan fingerprint density at radius 3 is 2.91 bits per heavy atom. The van der Waals surface area contributed by atoms with Crippen molar-refractivity contribution in [2.45, 2.75) is 44.9 Å². The minimum atomic E-state index is -0.271. The van der Waals surface area contributed by atoms with Crippen molar-refractivity contribution in [2.75, 3.05) is 0 Å². The highest BCUT2D eigenvalue weighted by molar-refractivity contribution is 5.76. The molecule has 1 aliphatic rings. The van der Waals surface area contributed by atoms with Gasteiger partial charge in [0.1, 0.15) is 5.82 Å². The summed E-state index contributed by atoms with van der Waals surface area (Å²) < 4.78 is 1.60. The number of aromatic nitrogens is 5. The Kier molecular flexibility index (Phi) is 4.61. The van der Waals surface area contributed by atoms with E-state index in [9.17, 15) is 9.90 Å². The van der Waals surface area contributed by atoms with Crippen molar-refractivity contribution in [3.8, 4) is 0 Å². The molecule has 1 aliphatic carbocycles. The first-order chi connectivity index (χ1) is 11.1. The zero-order valence-corrected chi connectivity index (χ0v) is 13.0. The maximum Gasteiger partial charge on any atom is 0.222 e. The number of nitrogens with zero attached hydrogens (tertiary/aromatic N) is 5. The topological polar surface area (TPSA) is 106 Å². The van der Waals surface area contributed by atoms with Crippen molar-refractivity contribution >= 4 is 5.91 Å². The van der Waals surface area contributed by atoms with Crippen LogP contribution in [0.4, 0.5) is 0 Å². The predicted molar refractivity (Wildman–Crippen MR) is 81.0 cm³/mol. The Bertz CT molecular complexity index is 653. The van der Waals surface area contributed by atoms with Crippen LogP contribution >= 0.6 is 0 Å². The van der Waals surface area contributed by atoms with Crippen molar-refractivity contribution in [3.05, 3.63) is 35.9 Å². The van der Waals surface area contributed by atoms with Gasteiger partial charge < -0.3 is 10.4 Å². The third-order valence-electron chi connectivity index (χ3n) is 4.21. The fraction of sp³-hybridized carbons (Fsp3) is 0.533. The molecule has 1 atom stereocenters. The Balaban J connectivity index is 1.61. The lowest BCUT2D eigenvalue weighted by Gasteiger charge is -2.37. The summed E-state index contributed by atoms with van der Waals surface area (Å²) in [6.07, 6.45) is 3.12. The van der Waals surface area contributed by atoms with E-state index in [1.807, 2.05) is 18.2 Å². The molecule has 8 heteroatoms. The van der Waals surface area contributed by atoms with E-state index in [2.05, 4.69) is 25.8 Å². The van der Waals surface area contributed by atoms with Crippen molar-refractivity contribution < 1.29 is 9.90 Å². The molecule has 2 heterocycles. The van der Waals surface area contributed by atoms with Crippen LogP contribution in [-0.2, 0) is 11.3 Å². The number of hydrogen-bond donors (Lipinski definition) is 2. The summed E-state index contributed by atoms with van der Waals surface area (Å²) in [5, 5.41) is 23.8. The molecule has 1 fully saturated rings. The largest absolute Gasteiger partial charge is 0.393 e. The molecular formula is C15H20N6O2. The van der Waals surface area contributed by atoms with Gasteiger partial charge in [-0.15, -0.1) is 5.10 Å². The van der Waals surface area contributed by atoms with Gasteiger partial charge in [0, 0.05) is 12.6 Å². The van der Waals surface area contributed by atoms with Crippen LogP contribution in [-0.4, -0.2) is 42.3 Å². The molecule has 0 bridgehead atoms. The molecule has 2 aromatic heterocycles. The van der Waals surface area contributed by atoms with Gasteiger partial charge in [0.05, 0.1) is 24.4 Å². The minimum Gasteiger partial charge on any atom is -0.393 e. The number of aliphatic hydroxyl groups is 1. The van der Waals surface area contributed by atoms with Crippen molar-refractivity contribution in [1.82, 2.24) is 30.5 Å². The molecule has 122 valence electrons. The molecule has 3 rings (SSSR count). The second kappa shape index (κ2) is 6.82. The fourth-order valence-corrected chi connectivity index (χ4v) is 2.80. The highest BCUT2D eigenvalue weighted by Gasteiger charge is 2.36. The molecule has 2 aromatic rings. The molecule has 1 saturated carbocycles. The maximum absolute atomic E-state index is 12.3. The SMILES string of the molecule is Cc1nnnn1CCC(=O)N[C@H](c1ccccn1)C1CC(O)C1. The van der Waals surface area contributed by atoms with Gasteiger partial charge in [-0.3, -0.25) is 9.78 Å². The predicted octanol–water partition coefficient (Wildman–Crippen LogP) is 0.395. The van der Waals surface area contributed by atoms with E-state index in [1.54, 1.807) is 17.8 Å². The molecule has 0 saturated heterocycles. The van der Waals surface area contributed by atoms with Gasteiger partial charge in [-0.05, 0) is 48.2 Å². The molecule has 2 N–H and O–H groups in total. The number of carbonyl (C=O) groups excluding carboxylic acids is 1. The van der Waals surface area contributed by atoms with Crippen LogP contribution in [0.1, 0.15) is 36.8 Å². The second-order valence-electron chi connectivity index (χ2n) is 5.88. The van der Waals surface area contributed by atoms with Gasteiger partial charge in [0.15, 0.2) is 0 Å². The summed E-state index contributed by atoms with van der Waals surface area (Å²) in [7, 11) is 0. The van der Waals surface area contributed by atoms with Gasteiger partial charge in [-0.25, -0.2) is 4.68 Å². The Morgan fingerprint density at radius 1 is 1.48 bits per heavy atom. The summed E-state index contributed by atoms with van der Waals surface area (Å²) in [6.45, 7) is 2.23. The zero-order valence-electron chi connectivity index (χ0n) is 13.0. The molecule has 0 unspecified atom stereocenters. The number of hydrogen-bond acceptors (Lipinski definition) is 6. The number of amides is 1. The maximum atomic E-state index is 12.3. The smallest absolute Gasteiger partial charge is 0.222 e. The highest BCUT2D eigenvalue weighted by Crippen LogP contribution is 2.37. The van der Waals surface area contributed by atoms with Crippen LogP contribution in [0.5, 0.6) is 0 Å². The molecule has 23 heavy (non-hydrogen) atoms. The van der Waals surface area contributed by atoms with Crippen LogP contribution in [0.15, 0.2) is 24.4 Å². The van der Waals surface area contributed by atoms with Crippen LogP contribution in [0.2, 0.25) is 0 Å². The standard InChI is InChI=1S/C15H20N6O2/c1-10-18-19-20-21(10)7-5-14(23)17-15(11-8-12(22)9-11)13-4-2-3-6-16-13/h2-4,6,11-12,15,22H,5,7-9H2,1H3,(H,17,23)/t11?,12?,15-/m0/s1. The number of nitrogens with one attached hydrogen (secondary N) is 1. The first-order valence-electron chi connectivity index (χ1n) is 7.74. The molecular weight excluding hydrogens is 296 g/mol. The quantitative estimate of drug-likeness (QED) is 0.799. The monoisotopic (exact) mass is 316 g/mol. The van der Waals surface area contributed by atoms with Gasteiger partial charge in [0.25, 0.3) is 0 Å². The molecule has 0 radical (unpaired) electrons. The summed E-state index contributed by atoms with van der Waals surface area (Å²) >= 11 is 0. The van der Waals surface area contributed by atoms with E-state index in [0.717, 1.165) is 5.69 Å². The highest BCUT2D eigenvalue weighted by atomic mass is 16.3. The summed E-state index contributed by atoms with van der Waals surface area (Å²) in [6, 6.07) is 5.49. The zero-order chi connectivity index (χ0) is 16.2. The number of tetrazole rings is 1. The molecule has 1 amide bonds. The normalized spacial score (nSPS) is 21.5. The molecule has 0 aliphatic heterocycles. The average Bonchev–Trinajstić information content (AvgIpc) is 2.94. The molecule has 0 spiro atoms. The number of carbonyl (C=O) groups is 1. The van der Waals surface area contributed by atoms with E-state index in [1.165, 1.54) is 0 Å². The summed E-state index contributed by atoms with van der Waals surface area (Å²) in [5.74, 6) is 0.830. The number of rotatable bonds is 6. The van der Waals surface area contributed by atoms with E-state index in [0.29, 0.717) is 31.6 Å². The number of aliphatic hydroxyl groups excluding tert-OH is 1. The van der Waals surface area contributed by atoms with Gasteiger partial charge in [0.2, 0.25) is 5.91 Å². The van der Waals surface area contributed by atoms with Gasteiger partial charge >= 0.3 is 0 Å². The van der Waals surface area contributed by atoms with Crippen LogP contribution < -0.4 is 5.32 Å². The van der Waals surface area contributed by atoms with Crippen molar-refractivity contribution in [3.63, 3.8) is 0 Å². The summed E-state index contributed by atoms with van der Waals surface area (Å²) in [4.78, 5) is 16.6. The van der Waals surface area contributed by atoms with E-state index >= 15 is 0 Å². The lowest BCUT2D eigenvalue weighted by atomic mass is 9.76. The van der Waals surface area contributed by atoms with Gasteiger partial charge in [-0.2, -0.15) is 0 Å². The molecule has 0 aromatic carbocycles. The Labute approximate surface area is 133 Å². The lowest BCUT2D eigenvalue weighted by Crippen LogP contribution is -2.42. The van der Waals surface area contributed by atoms with Gasteiger partial charge in [-0.1, -0.05) is 6.07 Å². The number of aryl methyl sites for hydroxylation is 2. The Morgan fingerprint density at radius 2 is 2.30 bits per heavy atom. The van der Waals surface area contributed by atoms with E-state index < -0.39 is 0 Å². The van der Waals surface area contributed by atoms with Crippen LogP contribution in [0.3, 0.4) is 0 Å². The minimum absolute atomic E-state index is 0.0723. The third kappa shape index (κ3) is 3.70. The summed E-state index contributed by atoms with van der Waals surface area (Å²) in [5.41, 5.74) is 0.830. The van der Waals surface area contributed by atoms with Crippen molar-refractivity contribution in [1.29, 1.82) is 0 Å². The van der Waals surface area contributed by atoms with E-state index in [-0.39, 0.29) is 24.0 Å². The first-order valence-corrected chi connectivity index (χ1v) is 7.74. The molecule has 8 nitrogen and oxygen atoms in total. The first kappa shape index (κ1) is 15.5. The lowest BCUT2D eigenvalue weighted by molar-refractivity contribution is -0.123. The fourth-order valence-electron chi connectivity index (χ4n) is 2.80. The Hall–Kier alpha value is -2.35. The average molecular weight is 316 g/mol. The van der Waals surface area contributed by atoms with Crippen molar-refractivity contribution in [2.24, 2.45) is 5.92 Å². The second-order valence-corrected chi connectivity index (χ2v) is 5.88. The van der Waals surface area contributed by atoms with E-state index in [4.69, 9.17) is 0 Å². The number of pyridine rings is 1.